The Kier molecular flexibility index (Phi) is 7.75. The van der Waals surface area contributed by atoms with E-state index in [0.717, 1.165) is 22.3 Å². The molecule has 3 aromatic rings. The highest BCUT2D eigenvalue weighted by atomic mass is 16.5. The summed E-state index contributed by atoms with van der Waals surface area (Å²) in [5.74, 6) is 0.114. The van der Waals surface area contributed by atoms with Gasteiger partial charge >= 0.3 is 0 Å². The lowest BCUT2D eigenvalue weighted by Gasteiger charge is -2.11. The van der Waals surface area contributed by atoms with Gasteiger partial charge in [0.05, 0.1) is 25.6 Å². The molecule has 32 heavy (non-hydrogen) atoms. The maximum atomic E-state index is 12.3. The van der Waals surface area contributed by atoms with Crippen LogP contribution in [-0.2, 0) is 16.0 Å². The second-order valence-electron chi connectivity index (χ2n) is 7.55. The van der Waals surface area contributed by atoms with Crippen molar-refractivity contribution in [2.75, 3.05) is 12.4 Å². The molecule has 2 amide bonds. The summed E-state index contributed by atoms with van der Waals surface area (Å²) in [7, 11) is 1.55. The van der Waals surface area contributed by atoms with Crippen molar-refractivity contribution in [3.63, 3.8) is 0 Å². The summed E-state index contributed by atoms with van der Waals surface area (Å²) in [6, 6.07) is 23.5. The molecule has 0 saturated heterocycles. The van der Waals surface area contributed by atoms with Crippen LogP contribution in [0.3, 0.4) is 0 Å². The maximum Gasteiger partial charge on any atom is 0.244 e. The van der Waals surface area contributed by atoms with Gasteiger partial charge in [-0.1, -0.05) is 60.7 Å². The smallest absolute Gasteiger partial charge is 0.244 e. The first-order chi connectivity index (χ1) is 15.4. The van der Waals surface area contributed by atoms with Gasteiger partial charge in [0, 0.05) is 5.71 Å². The average molecular weight is 430 g/mol. The summed E-state index contributed by atoms with van der Waals surface area (Å²) in [4.78, 5) is 24.6. The number of anilines is 1. The van der Waals surface area contributed by atoms with Gasteiger partial charge in [-0.25, -0.2) is 5.43 Å². The van der Waals surface area contributed by atoms with Crippen LogP contribution in [0.1, 0.15) is 24.5 Å². The predicted molar refractivity (Wildman–Crippen MR) is 128 cm³/mol. The van der Waals surface area contributed by atoms with E-state index in [4.69, 9.17) is 4.74 Å². The van der Waals surface area contributed by atoms with E-state index in [0.29, 0.717) is 17.1 Å². The van der Waals surface area contributed by atoms with Crippen LogP contribution in [0.15, 0.2) is 77.9 Å². The minimum atomic E-state index is -0.238. The van der Waals surface area contributed by atoms with E-state index in [2.05, 4.69) is 15.8 Å². The van der Waals surface area contributed by atoms with Crippen LogP contribution >= 0.6 is 0 Å². The second-order valence-corrected chi connectivity index (χ2v) is 7.55. The quantitative estimate of drug-likeness (QED) is 0.401. The van der Waals surface area contributed by atoms with Crippen molar-refractivity contribution >= 4 is 23.2 Å². The Balaban J connectivity index is 1.50. The Morgan fingerprint density at radius 2 is 1.59 bits per heavy atom. The number of nitrogens with one attached hydrogen (secondary N) is 2. The first kappa shape index (κ1) is 22.7. The van der Waals surface area contributed by atoms with Crippen LogP contribution in [0, 0.1) is 6.92 Å². The number of carbonyl (C=O) groups is 2. The van der Waals surface area contributed by atoms with E-state index in [1.54, 1.807) is 20.1 Å². The summed E-state index contributed by atoms with van der Waals surface area (Å²) >= 11 is 0. The van der Waals surface area contributed by atoms with Gasteiger partial charge in [0.25, 0.3) is 0 Å². The fourth-order valence-corrected chi connectivity index (χ4v) is 3.21. The molecule has 0 saturated carbocycles. The number of rotatable bonds is 8. The lowest BCUT2D eigenvalue weighted by molar-refractivity contribution is -0.120. The molecular formula is C26H27N3O3. The Labute approximate surface area is 188 Å². The van der Waals surface area contributed by atoms with Crippen LogP contribution in [-0.4, -0.2) is 24.6 Å². The number of amides is 2. The summed E-state index contributed by atoms with van der Waals surface area (Å²) in [5, 5.41) is 6.87. The molecule has 0 aromatic heterocycles. The van der Waals surface area contributed by atoms with Gasteiger partial charge in [-0.3, -0.25) is 9.59 Å². The van der Waals surface area contributed by atoms with E-state index in [1.807, 2.05) is 73.7 Å². The molecule has 0 unspecified atom stereocenters. The highest BCUT2D eigenvalue weighted by Gasteiger charge is 2.10. The lowest BCUT2D eigenvalue weighted by atomic mass is 10.0. The average Bonchev–Trinajstić information content (AvgIpc) is 2.79. The highest BCUT2D eigenvalue weighted by molar-refractivity contribution is 6.06. The number of methoxy groups -OCH3 is 1. The second kappa shape index (κ2) is 10.9. The number of ether oxygens (including phenoxy) is 1. The number of hydrogen-bond acceptors (Lipinski definition) is 4. The van der Waals surface area contributed by atoms with Gasteiger partial charge in [0.1, 0.15) is 5.75 Å². The number of hydrogen-bond donors (Lipinski definition) is 2. The minimum absolute atomic E-state index is 0.0587. The number of nitrogens with zero attached hydrogens (tertiary/aromatic N) is 1. The van der Waals surface area contributed by atoms with Gasteiger partial charge in [-0.05, 0) is 48.2 Å². The van der Waals surface area contributed by atoms with Gasteiger partial charge in [0.2, 0.25) is 11.8 Å². The van der Waals surface area contributed by atoms with E-state index in [1.165, 1.54) is 0 Å². The van der Waals surface area contributed by atoms with Crippen molar-refractivity contribution in [2.24, 2.45) is 5.10 Å². The van der Waals surface area contributed by atoms with Crippen molar-refractivity contribution in [3.05, 3.63) is 83.9 Å². The summed E-state index contributed by atoms with van der Waals surface area (Å²) in [6.07, 6.45) is 0.266. The van der Waals surface area contributed by atoms with Gasteiger partial charge < -0.3 is 10.1 Å². The normalized spacial score (nSPS) is 11.0. The van der Waals surface area contributed by atoms with Gasteiger partial charge in [0.15, 0.2) is 0 Å². The molecule has 3 aromatic carbocycles. The number of benzene rings is 3. The zero-order valence-corrected chi connectivity index (χ0v) is 18.5. The molecule has 164 valence electrons. The highest BCUT2D eigenvalue weighted by Crippen LogP contribution is 2.25. The molecule has 0 bridgehead atoms. The van der Waals surface area contributed by atoms with Gasteiger partial charge in [-0.2, -0.15) is 5.10 Å². The van der Waals surface area contributed by atoms with Gasteiger partial charge in [-0.15, -0.1) is 0 Å². The number of carbonyl (C=O) groups excluding carboxylic acids is 2. The van der Waals surface area contributed by atoms with Crippen LogP contribution < -0.4 is 15.5 Å². The molecule has 0 aliphatic heterocycles. The van der Waals surface area contributed by atoms with Crippen LogP contribution in [0.4, 0.5) is 5.69 Å². The first-order valence-electron chi connectivity index (χ1n) is 10.4. The third-order valence-corrected chi connectivity index (χ3v) is 4.84. The van der Waals surface area contributed by atoms with E-state index >= 15 is 0 Å². The lowest BCUT2D eigenvalue weighted by Crippen LogP contribution is -2.23. The Morgan fingerprint density at radius 3 is 2.28 bits per heavy atom. The molecule has 0 atom stereocenters. The minimum Gasteiger partial charge on any atom is -0.495 e. The molecule has 0 aliphatic carbocycles. The first-order valence-corrected chi connectivity index (χ1v) is 10.4. The summed E-state index contributed by atoms with van der Waals surface area (Å²) < 4.78 is 5.27. The van der Waals surface area contributed by atoms with Crippen molar-refractivity contribution < 1.29 is 14.3 Å². The Bertz CT molecular complexity index is 1110. The molecule has 6 heteroatoms. The molecule has 2 N–H and O–H groups in total. The Hall–Kier alpha value is -3.93. The van der Waals surface area contributed by atoms with E-state index < -0.39 is 0 Å². The Morgan fingerprint density at radius 1 is 0.906 bits per heavy atom. The maximum absolute atomic E-state index is 12.3. The molecule has 3 rings (SSSR count). The molecule has 0 fully saturated rings. The monoisotopic (exact) mass is 429 g/mol. The van der Waals surface area contributed by atoms with Crippen molar-refractivity contribution in [1.82, 2.24) is 5.43 Å². The number of aryl methyl sites for hydroxylation is 1. The topological polar surface area (TPSA) is 79.8 Å². The molecule has 0 radical (unpaired) electrons. The zero-order valence-electron chi connectivity index (χ0n) is 18.5. The largest absolute Gasteiger partial charge is 0.495 e. The van der Waals surface area contributed by atoms with Crippen molar-refractivity contribution in [1.29, 1.82) is 0 Å². The van der Waals surface area contributed by atoms with Crippen molar-refractivity contribution in [2.45, 2.75) is 26.7 Å². The fourth-order valence-electron chi connectivity index (χ4n) is 3.21. The van der Waals surface area contributed by atoms with Crippen LogP contribution in [0.5, 0.6) is 5.75 Å². The molecule has 0 aliphatic rings. The standard InChI is InChI=1S/C26H27N3O3/c1-18-9-14-24(32-3)23(15-18)27-25(30)16-19(2)28-29-26(31)17-20-10-12-22(13-11-20)21-7-5-4-6-8-21/h4-15H,16-17H2,1-3H3,(H,27,30)(H,29,31)/b28-19-. The number of hydrazone groups is 1. The van der Waals surface area contributed by atoms with E-state index in [9.17, 15) is 9.59 Å². The van der Waals surface area contributed by atoms with Crippen LogP contribution in [0.25, 0.3) is 11.1 Å². The van der Waals surface area contributed by atoms with Crippen molar-refractivity contribution in [3.8, 4) is 16.9 Å². The third-order valence-electron chi connectivity index (χ3n) is 4.84. The molecule has 0 heterocycles. The molecular weight excluding hydrogens is 402 g/mol. The van der Waals surface area contributed by atoms with E-state index in [-0.39, 0.29) is 24.7 Å². The predicted octanol–water partition coefficient (Wildman–Crippen LogP) is 4.73. The molecule has 0 spiro atoms. The summed E-state index contributed by atoms with van der Waals surface area (Å²) in [6.45, 7) is 3.63. The summed E-state index contributed by atoms with van der Waals surface area (Å²) in [5.41, 5.74) is 7.75. The molecule has 6 nitrogen and oxygen atoms in total. The SMILES string of the molecule is COc1ccc(C)cc1NC(=O)C/C(C)=N\NC(=O)Cc1ccc(-c2ccccc2)cc1. The van der Waals surface area contributed by atoms with Crippen LogP contribution in [0.2, 0.25) is 0 Å². The zero-order chi connectivity index (χ0) is 22.9. The third kappa shape index (κ3) is 6.54. The fraction of sp³-hybridized carbons (Fsp3) is 0.192.